The van der Waals surface area contributed by atoms with E-state index in [1.165, 1.54) is 0 Å². The normalized spacial score (nSPS) is 10.8. The lowest BCUT2D eigenvalue weighted by atomic mass is 10.2. The zero-order valence-electron chi connectivity index (χ0n) is 17.4. The van der Waals surface area contributed by atoms with Crippen LogP contribution in [0.1, 0.15) is 53.8 Å². The number of imidazole rings is 1. The van der Waals surface area contributed by atoms with Crippen LogP contribution in [0.5, 0.6) is 5.75 Å². The number of carbonyl (C=O) groups excluding carboxylic acids is 1. The molecule has 0 radical (unpaired) electrons. The minimum atomic E-state index is -0.218. The van der Waals surface area contributed by atoms with Gasteiger partial charge in [0.05, 0.1) is 30.4 Å². The van der Waals surface area contributed by atoms with Crippen molar-refractivity contribution in [2.45, 2.75) is 47.0 Å². The fourth-order valence-corrected chi connectivity index (χ4v) is 3.02. The number of hydrogen-bond acceptors (Lipinski definition) is 5. The van der Waals surface area contributed by atoms with Gasteiger partial charge in [-0.3, -0.25) is 9.36 Å². The number of carbonyl (C=O) groups is 1. The van der Waals surface area contributed by atoms with E-state index in [1.54, 1.807) is 24.5 Å². The van der Waals surface area contributed by atoms with Gasteiger partial charge in [0.25, 0.3) is 5.91 Å². The molecule has 0 fully saturated rings. The highest BCUT2D eigenvalue weighted by atomic mass is 16.5. The third-order valence-electron chi connectivity index (χ3n) is 4.74. The van der Waals surface area contributed by atoms with Crippen LogP contribution in [-0.2, 0) is 0 Å². The molecule has 2 heterocycles. The molecule has 7 nitrogen and oxygen atoms in total. The molecule has 1 amide bonds. The summed E-state index contributed by atoms with van der Waals surface area (Å²) in [5.74, 6) is 1.91. The average molecular weight is 393 g/mol. The summed E-state index contributed by atoms with van der Waals surface area (Å²) in [6.45, 7) is 8.70. The summed E-state index contributed by atoms with van der Waals surface area (Å²) in [6.07, 6.45) is 6.54. The minimum absolute atomic E-state index is 0.218. The molecule has 7 heteroatoms. The maximum Gasteiger partial charge on any atom is 0.255 e. The second-order valence-electron chi connectivity index (χ2n) is 6.97. The summed E-state index contributed by atoms with van der Waals surface area (Å²) in [7, 11) is 0. The Bertz CT molecular complexity index is 962. The molecule has 1 aromatic carbocycles. The maximum absolute atomic E-state index is 12.5. The molecule has 3 rings (SSSR count). The van der Waals surface area contributed by atoms with Crippen molar-refractivity contribution in [3.8, 4) is 11.7 Å². The lowest BCUT2D eigenvalue weighted by Crippen LogP contribution is -2.13. The predicted molar refractivity (Wildman–Crippen MR) is 113 cm³/mol. The Morgan fingerprint density at radius 2 is 1.76 bits per heavy atom. The largest absolute Gasteiger partial charge is 0.494 e. The van der Waals surface area contributed by atoms with Crippen molar-refractivity contribution >= 4 is 11.6 Å². The fraction of sp³-hybridized carbons (Fsp3) is 0.364. The van der Waals surface area contributed by atoms with Crippen molar-refractivity contribution in [3.05, 3.63) is 59.4 Å². The Kier molecular flexibility index (Phi) is 6.59. The number of amides is 1. The molecule has 0 atom stereocenters. The van der Waals surface area contributed by atoms with Crippen LogP contribution in [0.4, 0.5) is 5.69 Å². The SMILES string of the molecule is CCCCCOc1ccc(C(=O)Nc2cnc(-n3c(C)nc(C)c3C)nc2)cc1. The van der Waals surface area contributed by atoms with E-state index in [0.29, 0.717) is 23.8 Å². The number of nitrogens with zero attached hydrogens (tertiary/aromatic N) is 4. The Morgan fingerprint density at radius 3 is 2.34 bits per heavy atom. The standard InChI is InChI=1S/C22H27N5O2/c1-5-6-7-12-29-20-10-8-18(9-11-20)21(28)26-19-13-23-22(24-14-19)27-16(3)15(2)25-17(27)4/h8-11,13-14H,5-7,12H2,1-4H3,(H,26,28). The van der Waals surface area contributed by atoms with Gasteiger partial charge in [-0.1, -0.05) is 19.8 Å². The number of nitrogens with one attached hydrogen (secondary N) is 1. The topological polar surface area (TPSA) is 81.9 Å². The lowest BCUT2D eigenvalue weighted by Gasteiger charge is -2.09. The first-order valence-electron chi connectivity index (χ1n) is 9.88. The summed E-state index contributed by atoms with van der Waals surface area (Å²) in [5.41, 5.74) is 3.02. The molecule has 152 valence electrons. The smallest absolute Gasteiger partial charge is 0.255 e. The Labute approximate surface area is 171 Å². The van der Waals surface area contributed by atoms with E-state index < -0.39 is 0 Å². The van der Waals surface area contributed by atoms with E-state index in [9.17, 15) is 4.79 Å². The van der Waals surface area contributed by atoms with Gasteiger partial charge in [0.2, 0.25) is 5.95 Å². The van der Waals surface area contributed by atoms with Crippen LogP contribution in [0.3, 0.4) is 0 Å². The third-order valence-corrected chi connectivity index (χ3v) is 4.74. The van der Waals surface area contributed by atoms with Crippen LogP contribution in [0.2, 0.25) is 0 Å². The van der Waals surface area contributed by atoms with Gasteiger partial charge in [0, 0.05) is 11.3 Å². The maximum atomic E-state index is 12.5. The number of hydrogen-bond donors (Lipinski definition) is 1. The molecule has 2 aromatic heterocycles. The van der Waals surface area contributed by atoms with Crippen molar-refractivity contribution in [2.75, 3.05) is 11.9 Å². The van der Waals surface area contributed by atoms with Crippen LogP contribution in [0, 0.1) is 20.8 Å². The van der Waals surface area contributed by atoms with Crippen molar-refractivity contribution in [2.24, 2.45) is 0 Å². The van der Waals surface area contributed by atoms with Crippen molar-refractivity contribution in [1.29, 1.82) is 0 Å². The first-order valence-corrected chi connectivity index (χ1v) is 9.88. The highest BCUT2D eigenvalue weighted by molar-refractivity contribution is 6.04. The minimum Gasteiger partial charge on any atom is -0.494 e. The Morgan fingerprint density at radius 1 is 1.07 bits per heavy atom. The van der Waals surface area contributed by atoms with Gasteiger partial charge < -0.3 is 10.1 Å². The summed E-state index contributed by atoms with van der Waals surface area (Å²) < 4.78 is 7.57. The number of anilines is 1. The molecular weight excluding hydrogens is 366 g/mol. The molecule has 3 aromatic rings. The number of unbranched alkanes of at least 4 members (excludes halogenated alkanes) is 2. The van der Waals surface area contributed by atoms with Crippen LogP contribution >= 0.6 is 0 Å². The number of benzene rings is 1. The van der Waals surface area contributed by atoms with Gasteiger partial charge in [-0.05, 0) is 51.5 Å². The van der Waals surface area contributed by atoms with E-state index in [1.807, 2.05) is 37.5 Å². The zero-order chi connectivity index (χ0) is 20.8. The predicted octanol–water partition coefficient (Wildman–Crippen LogP) is 4.41. The first kappa shape index (κ1) is 20.5. The van der Waals surface area contributed by atoms with Crippen LogP contribution in [-0.4, -0.2) is 32.0 Å². The van der Waals surface area contributed by atoms with E-state index >= 15 is 0 Å². The zero-order valence-corrected chi connectivity index (χ0v) is 17.4. The van der Waals surface area contributed by atoms with Gasteiger partial charge in [-0.25, -0.2) is 15.0 Å². The number of aryl methyl sites for hydroxylation is 2. The molecule has 0 spiro atoms. The summed E-state index contributed by atoms with van der Waals surface area (Å²) in [5, 5.41) is 2.82. The van der Waals surface area contributed by atoms with Gasteiger partial charge in [-0.15, -0.1) is 0 Å². The van der Waals surface area contributed by atoms with Crippen molar-refractivity contribution in [1.82, 2.24) is 19.5 Å². The van der Waals surface area contributed by atoms with E-state index in [0.717, 1.165) is 42.2 Å². The molecule has 0 aliphatic rings. The van der Waals surface area contributed by atoms with Crippen molar-refractivity contribution in [3.63, 3.8) is 0 Å². The highest BCUT2D eigenvalue weighted by Gasteiger charge is 2.12. The third kappa shape index (κ3) is 4.99. The van der Waals surface area contributed by atoms with Crippen LogP contribution < -0.4 is 10.1 Å². The summed E-state index contributed by atoms with van der Waals surface area (Å²) in [6, 6.07) is 7.13. The molecule has 0 unspecified atom stereocenters. The molecule has 0 bridgehead atoms. The Balaban J connectivity index is 1.62. The van der Waals surface area contributed by atoms with Crippen LogP contribution in [0.25, 0.3) is 5.95 Å². The molecule has 0 saturated heterocycles. The monoisotopic (exact) mass is 393 g/mol. The van der Waals surface area contributed by atoms with Gasteiger partial charge >= 0.3 is 0 Å². The molecule has 0 aliphatic heterocycles. The second-order valence-corrected chi connectivity index (χ2v) is 6.97. The summed E-state index contributed by atoms with van der Waals surface area (Å²) >= 11 is 0. The average Bonchev–Trinajstić information content (AvgIpc) is 2.98. The van der Waals surface area contributed by atoms with Crippen LogP contribution in [0.15, 0.2) is 36.7 Å². The Hall–Kier alpha value is -3.22. The van der Waals surface area contributed by atoms with Gasteiger partial charge in [-0.2, -0.15) is 0 Å². The lowest BCUT2D eigenvalue weighted by molar-refractivity contribution is 0.102. The number of ether oxygens (including phenoxy) is 1. The second kappa shape index (κ2) is 9.32. The van der Waals surface area contributed by atoms with E-state index in [-0.39, 0.29) is 5.91 Å². The molecule has 29 heavy (non-hydrogen) atoms. The number of rotatable bonds is 8. The molecular formula is C22H27N5O2. The molecule has 0 saturated carbocycles. The first-order chi connectivity index (χ1) is 14.0. The van der Waals surface area contributed by atoms with Gasteiger partial charge in [0.1, 0.15) is 11.6 Å². The highest BCUT2D eigenvalue weighted by Crippen LogP contribution is 2.17. The van der Waals surface area contributed by atoms with Crippen molar-refractivity contribution < 1.29 is 9.53 Å². The fourth-order valence-electron chi connectivity index (χ4n) is 3.02. The number of aromatic nitrogens is 4. The van der Waals surface area contributed by atoms with Gasteiger partial charge in [0.15, 0.2) is 0 Å². The molecule has 1 N–H and O–H groups in total. The quantitative estimate of drug-likeness (QED) is 0.573. The van der Waals surface area contributed by atoms with E-state index in [4.69, 9.17) is 4.74 Å². The molecule has 0 aliphatic carbocycles. The van der Waals surface area contributed by atoms with E-state index in [2.05, 4.69) is 27.2 Å². The summed E-state index contributed by atoms with van der Waals surface area (Å²) in [4.78, 5) is 25.6.